The maximum Gasteiger partial charge on any atom is 0.0725 e. The van der Waals surface area contributed by atoms with Crippen LogP contribution in [0.15, 0.2) is 30.3 Å². The molecule has 0 spiro atoms. The Labute approximate surface area is 84.0 Å². The predicted molar refractivity (Wildman–Crippen MR) is 60.6 cm³/mol. The summed E-state index contributed by atoms with van der Waals surface area (Å²) in [4.78, 5) is 4.48. The number of hydrogen-bond donors (Lipinski definition) is 1. The molecule has 0 radical (unpaired) electrons. The van der Waals surface area contributed by atoms with Crippen molar-refractivity contribution in [3.8, 4) is 0 Å². The first kappa shape index (κ1) is 9.00. The summed E-state index contributed by atoms with van der Waals surface area (Å²) in [7, 11) is 0. The van der Waals surface area contributed by atoms with E-state index in [1.165, 1.54) is 5.39 Å². The number of benzene rings is 1. The third kappa shape index (κ3) is 1.55. The highest BCUT2D eigenvalue weighted by Gasteiger charge is 1.99. The smallest absolute Gasteiger partial charge is 0.0725 e. The van der Waals surface area contributed by atoms with Crippen molar-refractivity contribution in [2.75, 3.05) is 11.9 Å². The average Bonchev–Trinajstić information content (AvgIpc) is 2.18. The summed E-state index contributed by atoms with van der Waals surface area (Å²) in [5, 5.41) is 4.52. The van der Waals surface area contributed by atoms with Gasteiger partial charge in [0.15, 0.2) is 0 Å². The first-order valence-electron chi connectivity index (χ1n) is 4.91. The van der Waals surface area contributed by atoms with Crippen LogP contribution < -0.4 is 5.32 Å². The number of aryl methyl sites for hydroxylation is 1. The highest BCUT2D eigenvalue weighted by atomic mass is 14.9. The van der Waals surface area contributed by atoms with Gasteiger partial charge < -0.3 is 5.32 Å². The Hall–Kier alpha value is -1.57. The van der Waals surface area contributed by atoms with Gasteiger partial charge in [-0.15, -0.1) is 0 Å². The molecule has 0 unspecified atom stereocenters. The zero-order chi connectivity index (χ0) is 9.97. The quantitative estimate of drug-likeness (QED) is 0.780. The average molecular weight is 186 g/mol. The number of rotatable bonds is 2. The predicted octanol–water partition coefficient (Wildman–Crippen LogP) is 2.98. The maximum atomic E-state index is 4.48. The third-order valence-electron chi connectivity index (χ3n) is 2.24. The Balaban J connectivity index is 2.62. The van der Waals surface area contributed by atoms with Crippen LogP contribution in [0, 0.1) is 6.92 Å². The largest absolute Gasteiger partial charge is 0.385 e. The lowest BCUT2D eigenvalue weighted by Gasteiger charge is -2.07. The number of nitrogens with one attached hydrogen (secondary N) is 1. The van der Waals surface area contributed by atoms with E-state index in [-0.39, 0.29) is 0 Å². The second-order valence-electron chi connectivity index (χ2n) is 3.36. The Kier molecular flexibility index (Phi) is 2.35. The summed E-state index contributed by atoms with van der Waals surface area (Å²) in [6.07, 6.45) is 0. The normalized spacial score (nSPS) is 10.4. The summed E-state index contributed by atoms with van der Waals surface area (Å²) < 4.78 is 0. The van der Waals surface area contributed by atoms with Gasteiger partial charge in [-0.2, -0.15) is 0 Å². The fourth-order valence-electron chi connectivity index (χ4n) is 1.60. The van der Waals surface area contributed by atoms with Crippen molar-refractivity contribution in [1.82, 2.24) is 4.98 Å². The highest BCUT2D eigenvalue weighted by molar-refractivity contribution is 5.91. The van der Waals surface area contributed by atoms with Gasteiger partial charge in [-0.1, -0.05) is 6.07 Å². The fraction of sp³-hybridized carbons (Fsp3) is 0.250. The minimum absolute atomic E-state index is 0.937. The minimum atomic E-state index is 0.937. The Morgan fingerprint density at radius 1 is 1.21 bits per heavy atom. The molecule has 1 aromatic carbocycles. The van der Waals surface area contributed by atoms with Crippen molar-refractivity contribution < 1.29 is 0 Å². The molecular formula is C12H14N2. The molecule has 0 saturated heterocycles. The van der Waals surface area contributed by atoms with Gasteiger partial charge in [0.1, 0.15) is 0 Å². The van der Waals surface area contributed by atoms with Gasteiger partial charge in [-0.05, 0) is 38.1 Å². The molecular weight excluding hydrogens is 172 g/mol. The highest BCUT2D eigenvalue weighted by Crippen LogP contribution is 2.21. The number of fused-ring (bicyclic) bond motifs is 1. The van der Waals surface area contributed by atoms with E-state index in [0.717, 1.165) is 23.4 Å². The van der Waals surface area contributed by atoms with E-state index in [2.05, 4.69) is 29.4 Å². The number of nitrogens with zero attached hydrogens (tertiary/aromatic N) is 1. The van der Waals surface area contributed by atoms with Crippen LogP contribution in [0.3, 0.4) is 0 Å². The van der Waals surface area contributed by atoms with E-state index in [1.807, 2.05) is 25.1 Å². The SMILES string of the molecule is CCNc1cccc2nc(C)ccc12. The first-order valence-corrected chi connectivity index (χ1v) is 4.91. The standard InChI is InChI=1S/C12H14N2/c1-3-13-11-5-4-6-12-10(11)8-7-9(2)14-12/h4-8,13H,3H2,1-2H3. The molecule has 2 heteroatoms. The van der Waals surface area contributed by atoms with E-state index < -0.39 is 0 Å². The summed E-state index contributed by atoms with van der Waals surface area (Å²) in [6, 6.07) is 10.3. The molecule has 0 bridgehead atoms. The monoisotopic (exact) mass is 186 g/mol. The molecule has 0 amide bonds. The molecule has 0 fully saturated rings. The molecule has 1 N–H and O–H groups in total. The Morgan fingerprint density at radius 2 is 2.07 bits per heavy atom. The summed E-state index contributed by atoms with van der Waals surface area (Å²) in [5.74, 6) is 0. The van der Waals surface area contributed by atoms with Crippen molar-refractivity contribution >= 4 is 16.6 Å². The summed E-state index contributed by atoms with van der Waals surface area (Å²) >= 11 is 0. The van der Waals surface area contributed by atoms with Crippen LogP contribution >= 0.6 is 0 Å². The molecule has 2 rings (SSSR count). The lowest BCUT2D eigenvalue weighted by molar-refractivity contribution is 1.21. The first-order chi connectivity index (χ1) is 6.81. The van der Waals surface area contributed by atoms with Gasteiger partial charge in [0, 0.05) is 23.3 Å². The van der Waals surface area contributed by atoms with Crippen molar-refractivity contribution in [2.45, 2.75) is 13.8 Å². The zero-order valence-corrected chi connectivity index (χ0v) is 8.54. The number of anilines is 1. The molecule has 0 aliphatic rings. The van der Waals surface area contributed by atoms with Crippen molar-refractivity contribution in [3.63, 3.8) is 0 Å². The van der Waals surface area contributed by atoms with E-state index in [9.17, 15) is 0 Å². The summed E-state index contributed by atoms with van der Waals surface area (Å²) in [5.41, 5.74) is 3.28. The molecule has 14 heavy (non-hydrogen) atoms. The molecule has 1 aromatic heterocycles. The van der Waals surface area contributed by atoms with Gasteiger partial charge in [0.2, 0.25) is 0 Å². The second kappa shape index (κ2) is 3.66. The van der Waals surface area contributed by atoms with Gasteiger partial charge in [-0.25, -0.2) is 0 Å². The molecule has 0 aliphatic heterocycles. The Bertz CT molecular complexity index is 449. The van der Waals surface area contributed by atoms with Crippen LogP contribution in [-0.2, 0) is 0 Å². The third-order valence-corrected chi connectivity index (χ3v) is 2.24. The topological polar surface area (TPSA) is 24.9 Å². The van der Waals surface area contributed by atoms with Crippen LogP contribution in [0.1, 0.15) is 12.6 Å². The van der Waals surface area contributed by atoms with Crippen molar-refractivity contribution in [1.29, 1.82) is 0 Å². The lowest BCUT2D eigenvalue weighted by Crippen LogP contribution is -1.97. The van der Waals surface area contributed by atoms with Gasteiger partial charge in [-0.3, -0.25) is 4.98 Å². The molecule has 1 heterocycles. The van der Waals surface area contributed by atoms with E-state index in [4.69, 9.17) is 0 Å². The van der Waals surface area contributed by atoms with E-state index >= 15 is 0 Å². The van der Waals surface area contributed by atoms with Crippen molar-refractivity contribution in [3.05, 3.63) is 36.0 Å². The molecule has 0 atom stereocenters. The minimum Gasteiger partial charge on any atom is -0.385 e. The van der Waals surface area contributed by atoms with Gasteiger partial charge in [0.25, 0.3) is 0 Å². The van der Waals surface area contributed by atoms with Crippen LogP contribution in [0.5, 0.6) is 0 Å². The van der Waals surface area contributed by atoms with Gasteiger partial charge >= 0.3 is 0 Å². The van der Waals surface area contributed by atoms with Crippen LogP contribution in [-0.4, -0.2) is 11.5 Å². The zero-order valence-electron chi connectivity index (χ0n) is 8.54. The van der Waals surface area contributed by atoms with Gasteiger partial charge in [0.05, 0.1) is 5.52 Å². The number of pyridine rings is 1. The van der Waals surface area contributed by atoms with E-state index in [0.29, 0.717) is 0 Å². The fourth-order valence-corrected chi connectivity index (χ4v) is 1.60. The van der Waals surface area contributed by atoms with Crippen LogP contribution in [0.4, 0.5) is 5.69 Å². The number of hydrogen-bond acceptors (Lipinski definition) is 2. The molecule has 72 valence electrons. The molecule has 0 aliphatic carbocycles. The molecule has 2 aromatic rings. The lowest BCUT2D eigenvalue weighted by atomic mass is 10.1. The Morgan fingerprint density at radius 3 is 2.86 bits per heavy atom. The number of aromatic nitrogens is 1. The van der Waals surface area contributed by atoms with Crippen LogP contribution in [0.25, 0.3) is 10.9 Å². The molecule has 2 nitrogen and oxygen atoms in total. The molecule has 0 saturated carbocycles. The maximum absolute atomic E-state index is 4.48. The van der Waals surface area contributed by atoms with E-state index in [1.54, 1.807) is 0 Å². The summed E-state index contributed by atoms with van der Waals surface area (Å²) in [6.45, 7) is 5.05. The second-order valence-corrected chi connectivity index (χ2v) is 3.36. The van der Waals surface area contributed by atoms with Crippen LogP contribution in [0.2, 0.25) is 0 Å². The van der Waals surface area contributed by atoms with Crippen molar-refractivity contribution in [2.24, 2.45) is 0 Å².